The van der Waals surface area contributed by atoms with Gasteiger partial charge in [-0.15, -0.1) is 0 Å². The number of hydrogen-bond acceptors (Lipinski definition) is 5. The van der Waals surface area contributed by atoms with E-state index in [1.165, 1.54) is 4.90 Å². The molecule has 3 heterocycles. The molecule has 0 unspecified atom stereocenters. The topological polar surface area (TPSA) is 65.1 Å². The number of hydrogen-bond donors (Lipinski definition) is 0. The van der Waals surface area contributed by atoms with E-state index in [1.54, 1.807) is 6.92 Å². The minimum Gasteiger partial charge on any atom is -0.464 e. The fourth-order valence-corrected chi connectivity index (χ4v) is 3.52. The second kappa shape index (κ2) is 5.77. The van der Waals surface area contributed by atoms with Crippen molar-refractivity contribution in [3.05, 3.63) is 0 Å². The molecular formula is C15H22FNO5. The van der Waals surface area contributed by atoms with Gasteiger partial charge in [0.25, 0.3) is 0 Å². The first-order chi connectivity index (χ1) is 10.5. The molecule has 3 fully saturated rings. The van der Waals surface area contributed by atoms with Gasteiger partial charge >= 0.3 is 5.97 Å². The van der Waals surface area contributed by atoms with Gasteiger partial charge in [0.1, 0.15) is 0 Å². The third kappa shape index (κ3) is 2.31. The predicted octanol–water partition coefficient (Wildman–Crippen LogP) is 0.543. The van der Waals surface area contributed by atoms with E-state index in [2.05, 4.69) is 0 Å². The summed E-state index contributed by atoms with van der Waals surface area (Å²) in [5.74, 6) is -1.25. The van der Waals surface area contributed by atoms with Crippen LogP contribution in [0.1, 0.15) is 19.8 Å². The molecule has 0 aromatic heterocycles. The fraction of sp³-hybridized carbons (Fsp3) is 0.867. The summed E-state index contributed by atoms with van der Waals surface area (Å²) in [5.41, 5.74) is -3.13. The molecule has 0 radical (unpaired) electrons. The van der Waals surface area contributed by atoms with Gasteiger partial charge in [0.2, 0.25) is 11.6 Å². The van der Waals surface area contributed by atoms with Gasteiger partial charge in [0.15, 0.2) is 0 Å². The Hall–Kier alpha value is -1.21. The SMILES string of the molecule is CCOC(=O)[C@@]1(F)CN(C(=O)[C@H]2CCCOC2)CC12COC2. The van der Waals surface area contributed by atoms with Crippen molar-refractivity contribution in [3.8, 4) is 0 Å². The third-order valence-electron chi connectivity index (χ3n) is 4.92. The highest BCUT2D eigenvalue weighted by atomic mass is 19.1. The molecule has 0 N–H and O–H groups in total. The number of carbonyl (C=O) groups is 2. The minimum absolute atomic E-state index is 0.117. The molecule has 0 aromatic rings. The number of esters is 1. The highest BCUT2D eigenvalue weighted by Crippen LogP contribution is 2.49. The Balaban J connectivity index is 1.76. The lowest BCUT2D eigenvalue weighted by Crippen LogP contribution is -2.61. The first kappa shape index (κ1) is 15.7. The zero-order valence-electron chi connectivity index (χ0n) is 12.8. The lowest BCUT2D eigenvalue weighted by molar-refractivity contribution is -0.196. The quantitative estimate of drug-likeness (QED) is 0.711. The molecule has 0 saturated carbocycles. The Morgan fingerprint density at radius 1 is 1.32 bits per heavy atom. The van der Waals surface area contributed by atoms with Crippen LogP contribution in [-0.2, 0) is 23.8 Å². The largest absolute Gasteiger partial charge is 0.464 e. The monoisotopic (exact) mass is 315 g/mol. The normalized spacial score (nSPS) is 33.5. The number of ether oxygens (including phenoxy) is 3. The molecule has 0 aromatic carbocycles. The minimum atomic E-state index is -2.17. The molecule has 6 nitrogen and oxygen atoms in total. The number of alkyl halides is 1. The van der Waals surface area contributed by atoms with Crippen molar-refractivity contribution in [2.45, 2.75) is 25.4 Å². The van der Waals surface area contributed by atoms with E-state index in [1.807, 2.05) is 0 Å². The molecule has 124 valence electrons. The Labute approximate surface area is 128 Å². The number of halogens is 1. The Kier molecular flexibility index (Phi) is 4.11. The Morgan fingerprint density at radius 3 is 2.64 bits per heavy atom. The molecule has 1 amide bonds. The van der Waals surface area contributed by atoms with E-state index in [0.29, 0.717) is 13.2 Å². The average Bonchev–Trinajstić information content (AvgIpc) is 2.83. The molecular weight excluding hydrogens is 293 g/mol. The molecule has 3 rings (SSSR count). The molecule has 0 bridgehead atoms. The van der Waals surface area contributed by atoms with Gasteiger partial charge in [-0.25, -0.2) is 9.18 Å². The van der Waals surface area contributed by atoms with E-state index in [-0.39, 0.29) is 44.7 Å². The first-order valence-electron chi connectivity index (χ1n) is 7.83. The summed E-state index contributed by atoms with van der Waals surface area (Å²) in [6, 6.07) is 0. The van der Waals surface area contributed by atoms with Gasteiger partial charge in [0.05, 0.1) is 44.3 Å². The lowest BCUT2D eigenvalue weighted by Gasteiger charge is -2.43. The van der Waals surface area contributed by atoms with Crippen LogP contribution in [0.4, 0.5) is 4.39 Å². The van der Waals surface area contributed by atoms with Crippen molar-refractivity contribution in [3.63, 3.8) is 0 Å². The Morgan fingerprint density at radius 2 is 2.09 bits per heavy atom. The standard InChI is InChI=1S/C15H22FNO5/c1-2-22-13(19)15(16)8-17(7-14(15)9-21-10-14)12(18)11-4-3-5-20-6-11/h11H,2-10H2,1H3/t11-,15-/m0/s1. The van der Waals surface area contributed by atoms with E-state index >= 15 is 4.39 Å². The second-order valence-electron chi connectivity index (χ2n) is 6.40. The van der Waals surface area contributed by atoms with E-state index < -0.39 is 17.1 Å². The van der Waals surface area contributed by atoms with Crippen molar-refractivity contribution in [2.75, 3.05) is 46.1 Å². The fourth-order valence-electron chi connectivity index (χ4n) is 3.52. The smallest absolute Gasteiger partial charge is 0.346 e. The third-order valence-corrected chi connectivity index (χ3v) is 4.92. The summed E-state index contributed by atoms with van der Waals surface area (Å²) >= 11 is 0. The number of nitrogens with zero attached hydrogens (tertiary/aromatic N) is 1. The maximum Gasteiger partial charge on any atom is 0.346 e. The highest BCUT2D eigenvalue weighted by Gasteiger charge is 2.68. The Bertz CT molecular complexity index is 461. The average molecular weight is 315 g/mol. The van der Waals surface area contributed by atoms with Crippen LogP contribution in [0, 0.1) is 11.3 Å². The van der Waals surface area contributed by atoms with Crippen LogP contribution in [0.3, 0.4) is 0 Å². The summed E-state index contributed by atoms with van der Waals surface area (Å²) < 4.78 is 30.8. The van der Waals surface area contributed by atoms with Crippen molar-refractivity contribution in [1.29, 1.82) is 0 Å². The van der Waals surface area contributed by atoms with Crippen LogP contribution >= 0.6 is 0 Å². The van der Waals surface area contributed by atoms with Gasteiger partial charge in [-0.1, -0.05) is 0 Å². The van der Waals surface area contributed by atoms with Gasteiger partial charge in [-0.2, -0.15) is 0 Å². The molecule has 3 aliphatic rings. The van der Waals surface area contributed by atoms with Crippen LogP contribution in [0.15, 0.2) is 0 Å². The van der Waals surface area contributed by atoms with E-state index in [9.17, 15) is 9.59 Å². The summed E-state index contributed by atoms with van der Waals surface area (Å²) in [4.78, 5) is 26.1. The maximum absolute atomic E-state index is 15.4. The van der Waals surface area contributed by atoms with Crippen molar-refractivity contribution >= 4 is 11.9 Å². The summed E-state index contributed by atoms with van der Waals surface area (Å²) in [6.07, 6.45) is 1.58. The van der Waals surface area contributed by atoms with Crippen LogP contribution in [0.25, 0.3) is 0 Å². The predicted molar refractivity (Wildman–Crippen MR) is 73.8 cm³/mol. The summed E-state index contributed by atoms with van der Waals surface area (Å²) in [6.45, 7) is 3.05. The zero-order chi connectivity index (χ0) is 15.8. The lowest BCUT2D eigenvalue weighted by atomic mass is 9.74. The highest BCUT2D eigenvalue weighted by molar-refractivity contribution is 5.86. The molecule has 0 aliphatic carbocycles. The number of amides is 1. The van der Waals surface area contributed by atoms with Crippen LogP contribution in [0.2, 0.25) is 0 Å². The van der Waals surface area contributed by atoms with Crippen molar-refractivity contribution in [1.82, 2.24) is 4.90 Å². The summed E-state index contributed by atoms with van der Waals surface area (Å²) in [7, 11) is 0. The molecule has 7 heteroatoms. The number of carbonyl (C=O) groups excluding carboxylic acids is 2. The molecule has 3 saturated heterocycles. The molecule has 1 spiro atoms. The second-order valence-corrected chi connectivity index (χ2v) is 6.40. The number of likely N-dealkylation sites (tertiary alicyclic amines) is 1. The number of rotatable bonds is 3. The molecule has 22 heavy (non-hydrogen) atoms. The summed E-state index contributed by atoms with van der Waals surface area (Å²) in [5, 5.41) is 0. The molecule has 3 aliphatic heterocycles. The van der Waals surface area contributed by atoms with Crippen molar-refractivity contribution < 1.29 is 28.2 Å². The van der Waals surface area contributed by atoms with Gasteiger partial charge < -0.3 is 19.1 Å². The van der Waals surface area contributed by atoms with E-state index in [4.69, 9.17) is 14.2 Å². The van der Waals surface area contributed by atoms with Gasteiger partial charge in [-0.3, -0.25) is 4.79 Å². The van der Waals surface area contributed by atoms with Crippen LogP contribution in [-0.4, -0.2) is 68.6 Å². The first-order valence-corrected chi connectivity index (χ1v) is 7.83. The zero-order valence-corrected chi connectivity index (χ0v) is 12.8. The van der Waals surface area contributed by atoms with Crippen LogP contribution < -0.4 is 0 Å². The van der Waals surface area contributed by atoms with Crippen molar-refractivity contribution in [2.24, 2.45) is 11.3 Å². The maximum atomic E-state index is 15.4. The van der Waals surface area contributed by atoms with Gasteiger partial charge in [0, 0.05) is 13.2 Å². The van der Waals surface area contributed by atoms with Crippen LogP contribution in [0.5, 0.6) is 0 Å². The van der Waals surface area contributed by atoms with E-state index in [0.717, 1.165) is 12.8 Å². The van der Waals surface area contributed by atoms with Gasteiger partial charge in [-0.05, 0) is 19.8 Å². The molecule has 2 atom stereocenters.